The van der Waals surface area contributed by atoms with Crippen molar-refractivity contribution in [2.75, 3.05) is 13.2 Å². The third-order valence-corrected chi connectivity index (χ3v) is 5.96. The maximum absolute atomic E-state index is 12.3. The number of aromatic nitrogens is 2. The molecule has 176 valence electrons. The first kappa shape index (κ1) is 23.5. The summed E-state index contributed by atoms with van der Waals surface area (Å²) in [6.45, 7) is 6.12. The molecule has 1 saturated heterocycles. The second-order valence-electron chi connectivity index (χ2n) is 8.49. The molecule has 0 bridgehead atoms. The van der Waals surface area contributed by atoms with Crippen LogP contribution in [0.1, 0.15) is 56.3 Å². The molecule has 1 fully saturated rings. The maximum atomic E-state index is 12.3. The van der Waals surface area contributed by atoms with Gasteiger partial charge in [0.1, 0.15) is 11.8 Å². The number of amides is 1. The van der Waals surface area contributed by atoms with Crippen molar-refractivity contribution in [1.82, 2.24) is 15.1 Å². The zero-order valence-corrected chi connectivity index (χ0v) is 19.6. The van der Waals surface area contributed by atoms with Crippen LogP contribution in [0.2, 0.25) is 0 Å². The summed E-state index contributed by atoms with van der Waals surface area (Å²) in [6.07, 6.45) is 1.86. The zero-order chi connectivity index (χ0) is 24.2. The summed E-state index contributed by atoms with van der Waals surface area (Å²) < 4.78 is 11.7. The lowest BCUT2D eigenvalue weighted by atomic mass is 9.92. The predicted octanol–water partition coefficient (Wildman–Crippen LogP) is 4.28. The van der Waals surface area contributed by atoms with Gasteiger partial charge in [0, 0.05) is 24.1 Å². The smallest absolute Gasteiger partial charge is 0.248 e. The molecule has 1 aromatic heterocycles. The minimum atomic E-state index is -0.0800. The maximum Gasteiger partial charge on any atom is 0.248 e. The molecule has 1 N–H and O–H groups in total. The van der Waals surface area contributed by atoms with Crippen LogP contribution in [0.25, 0.3) is 22.9 Å². The molecular formula is C26H28N4O4. The lowest BCUT2D eigenvalue weighted by Gasteiger charge is -2.26. The molecule has 0 radical (unpaired) electrons. The predicted molar refractivity (Wildman–Crippen MR) is 126 cm³/mol. The zero-order valence-electron chi connectivity index (χ0n) is 19.6. The van der Waals surface area contributed by atoms with Crippen LogP contribution in [0.3, 0.4) is 0 Å². The van der Waals surface area contributed by atoms with Gasteiger partial charge in [0.05, 0.1) is 24.3 Å². The van der Waals surface area contributed by atoms with E-state index in [0.29, 0.717) is 48.0 Å². The largest absolute Gasteiger partial charge is 0.490 e. The number of aliphatic hydroxyl groups is 1. The first-order chi connectivity index (χ1) is 16.5. The van der Waals surface area contributed by atoms with E-state index in [9.17, 15) is 15.2 Å². The number of carbonyl (C=O) groups excluding carboxylic acids is 1. The van der Waals surface area contributed by atoms with Crippen molar-refractivity contribution in [3.05, 3.63) is 53.1 Å². The highest BCUT2D eigenvalue weighted by atomic mass is 16.5. The lowest BCUT2D eigenvalue weighted by molar-refractivity contribution is -0.129. The van der Waals surface area contributed by atoms with Crippen LogP contribution in [-0.4, -0.2) is 45.4 Å². The van der Waals surface area contributed by atoms with E-state index in [1.165, 1.54) is 0 Å². The summed E-state index contributed by atoms with van der Waals surface area (Å²) in [7, 11) is 0. The van der Waals surface area contributed by atoms with Crippen LogP contribution in [-0.2, 0) is 11.2 Å². The van der Waals surface area contributed by atoms with E-state index < -0.39 is 0 Å². The molecular weight excluding hydrogens is 432 g/mol. The van der Waals surface area contributed by atoms with Gasteiger partial charge in [-0.3, -0.25) is 4.79 Å². The molecule has 0 saturated carbocycles. The molecule has 4 rings (SSSR count). The highest BCUT2D eigenvalue weighted by Gasteiger charge is 2.33. The third kappa shape index (κ3) is 4.52. The number of benzene rings is 2. The Morgan fingerprint density at radius 2 is 2.06 bits per heavy atom. The standard InChI is InChI=1S/C26H28N4O4/c1-4-19-20(22-9-11-24(32)30(22)12-13-31)6-5-7-21(19)26-29-28-25(34-26)17-8-10-23(33-16(2)3)18(14-17)15-27/h5-8,10,14,16,22,31H,4,9,11-13H2,1-3H3/t22-/m0/s1. The topological polar surface area (TPSA) is 112 Å². The second-order valence-corrected chi connectivity index (χ2v) is 8.49. The summed E-state index contributed by atoms with van der Waals surface area (Å²) in [5, 5.41) is 27.5. The number of β-amino-alcohol motifs (C(OH)–C–C–N with tert-alkyl or cyclic N) is 1. The Hall–Kier alpha value is -3.70. The summed E-state index contributed by atoms with van der Waals surface area (Å²) >= 11 is 0. The number of nitrogens with zero attached hydrogens (tertiary/aromatic N) is 4. The van der Waals surface area contributed by atoms with Crippen LogP contribution >= 0.6 is 0 Å². The summed E-state index contributed by atoms with van der Waals surface area (Å²) in [5.74, 6) is 1.27. The third-order valence-electron chi connectivity index (χ3n) is 5.96. The van der Waals surface area contributed by atoms with Gasteiger partial charge in [0.15, 0.2) is 0 Å². The molecule has 34 heavy (non-hydrogen) atoms. The van der Waals surface area contributed by atoms with Crippen molar-refractivity contribution < 1.29 is 19.1 Å². The summed E-state index contributed by atoms with van der Waals surface area (Å²) in [4.78, 5) is 14.1. The summed E-state index contributed by atoms with van der Waals surface area (Å²) in [6, 6.07) is 13.2. The van der Waals surface area contributed by atoms with Crippen molar-refractivity contribution in [3.63, 3.8) is 0 Å². The van der Waals surface area contributed by atoms with Gasteiger partial charge in [-0.05, 0) is 62.1 Å². The van der Waals surface area contributed by atoms with Crippen LogP contribution < -0.4 is 4.74 Å². The Bertz CT molecular complexity index is 1230. The molecule has 2 heterocycles. The van der Waals surface area contributed by atoms with Crippen molar-refractivity contribution in [1.29, 1.82) is 5.26 Å². The van der Waals surface area contributed by atoms with Crippen LogP contribution in [0.4, 0.5) is 0 Å². The first-order valence-electron chi connectivity index (χ1n) is 11.5. The molecule has 0 aliphatic carbocycles. The molecule has 8 heteroatoms. The van der Waals surface area contributed by atoms with Crippen LogP contribution in [0.5, 0.6) is 5.75 Å². The number of ether oxygens (including phenoxy) is 1. The molecule has 0 spiro atoms. The molecule has 1 aliphatic heterocycles. The van der Waals surface area contributed by atoms with Gasteiger partial charge in [-0.15, -0.1) is 10.2 Å². The van der Waals surface area contributed by atoms with Gasteiger partial charge in [0.2, 0.25) is 17.7 Å². The number of aliphatic hydroxyl groups excluding tert-OH is 1. The Kier molecular flexibility index (Phi) is 6.94. The summed E-state index contributed by atoms with van der Waals surface area (Å²) in [5.41, 5.74) is 3.94. The average molecular weight is 461 g/mol. The molecule has 3 aromatic rings. The van der Waals surface area contributed by atoms with Gasteiger partial charge >= 0.3 is 0 Å². The fourth-order valence-corrected chi connectivity index (χ4v) is 4.51. The quantitative estimate of drug-likeness (QED) is 0.534. The van der Waals surface area contributed by atoms with Crippen molar-refractivity contribution in [2.24, 2.45) is 0 Å². The van der Waals surface area contributed by atoms with E-state index in [4.69, 9.17) is 9.15 Å². The minimum absolute atomic E-state index is 0.0452. The highest BCUT2D eigenvalue weighted by molar-refractivity contribution is 5.79. The molecule has 8 nitrogen and oxygen atoms in total. The Balaban J connectivity index is 1.69. The van der Waals surface area contributed by atoms with Gasteiger partial charge in [0.25, 0.3) is 0 Å². The van der Waals surface area contributed by atoms with E-state index >= 15 is 0 Å². The number of hydrogen-bond donors (Lipinski definition) is 1. The van der Waals surface area contributed by atoms with Crippen molar-refractivity contribution >= 4 is 5.91 Å². The lowest BCUT2D eigenvalue weighted by Crippen LogP contribution is -2.31. The molecule has 2 aromatic carbocycles. The van der Waals surface area contributed by atoms with Crippen molar-refractivity contribution in [3.8, 4) is 34.7 Å². The van der Waals surface area contributed by atoms with E-state index in [1.807, 2.05) is 32.0 Å². The Morgan fingerprint density at radius 3 is 2.76 bits per heavy atom. The number of nitriles is 1. The highest BCUT2D eigenvalue weighted by Crippen LogP contribution is 2.38. The SMILES string of the molecule is CCc1c(-c2nnc(-c3ccc(OC(C)C)c(C#N)c3)o2)cccc1[C@@H]1CCC(=O)N1CCO. The number of likely N-dealkylation sites (tertiary alicyclic amines) is 1. The van der Waals surface area contributed by atoms with Gasteiger partial charge in [-0.25, -0.2) is 0 Å². The Labute approximate surface area is 198 Å². The normalized spacial score (nSPS) is 15.7. The van der Waals surface area contributed by atoms with E-state index in [1.54, 1.807) is 23.1 Å². The van der Waals surface area contributed by atoms with E-state index in [2.05, 4.69) is 23.2 Å². The van der Waals surface area contributed by atoms with E-state index in [-0.39, 0.29) is 24.7 Å². The molecule has 1 aliphatic rings. The van der Waals surface area contributed by atoms with Gasteiger partial charge in [-0.1, -0.05) is 19.1 Å². The monoisotopic (exact) mass is 460 g/mol. The molecule has 0 unspecified atom stereocenters. The number of rotatable bonds is 8. The number of hydrogen-bond acceptors (Lipinski definition) is 7. The Morgan fingerprint density at radius 1 is 1.26 bits per heavy atom. The van der Waals surface area contributed by atoms with Crippen LogP contribution in [0, 0.1) is 11.3 Å². The molecule has 1 amide bonds. The molecule has 1 atom stereocenters. The van der Waals surface area contributed by atoms with Crippen molar-refractivity contribution in [2.45, 2.75) is 52.2 Å². The fraction of sp³-hybridized carbons (Fsp3) is 0.385. The second kappa shape index (κ2) is 10.1. The minimum Gasteiger partial charge on any atom is -0.490 e. The van der Waals surface area contributed by atoms with Gasteiger partial charge < -0.3 is 19.2 Å². The first-order valence-corrected chi connectivity index (χ1v) is 11.5. The van der Waals surface area contributed by atoms with Gasteiger partial charge in [-0.2, -0.15) is 5.26 Å². The average Bonchev–Trinajstić information content (AvgIpc) is 3.46. The van der Waals surface area contributed by atoms with Crippen LogP contribution in [0.15, 0.2) is 40.8 Å². The van der Waals surface area contributed by atoms with E-state index in [0.717, 1.165) is 23.1 Å². The number of carbonyl (C=O) groups is 1. The fourth-order valence-electron chi connectivity index (χ4n) is 4.51.